The van der Waals surface area contributed by atoms with Crippen LogP contribution in [-0.4, -0.2) is 21.4 Å². The molecular weight excluding hydrogens is 308 g/mol. The molecule has 2 aliphatic carbocycles. The van der Waals surface area contributed by atoms with Crippen molar-refractivity contribution < 1.29 is 4.79 Å². The van der Waals surface area contributed by atoms with Crippen molar-refractivity contribution in [3.63, 3.8) is 0 Å². The predicted octanol–water partition coefficient (Wildman–Crippen LogP) is 4.26. The van der Waals surface area contributed by atoms with Gasteiger partial charge in [0.25, 0.3) is 0 Å². The van der Waals surface area contributed by atoms with Crippen LogP contribution in [0.3, 0.4) is 0 Å². The standard InChI is InChI=1S/C14H18N2OS3/c1-13(2)9-5-6-14(13,3)10(17)8(9)7-19-12-15-11(18-4)16-20-12/h7,9H,5-6H2,1-4H3/b8-7-. The predicted molar refractivity (Wildman–Crippen MR) is 85.2 cm³/mol. The third kappa shape index (κ3) is 1.91. The molecule has 1 aromatic rings. The maximum Gasteiger partial charge on any atom is 0.200 e. The van der Waals surface area contributed by atoms with E-state index in [4.69, 9.17) is 0 Å². The van der Waals surface area contributed by atoms with Gasteiger partial charge in [-0.1, -0.05) is 44.3 Å². The molecule has 2 atom stereocenters. The van der Waals surface area contributed by atoms with E-state index in [1.807, 2.05) is 11.7 Å². The van der Waals surface area contributed by atoms with Gasteiger partial charge in [-0.3, -0.25) is 4.79 Å². The monoisotopic (exact) mass is 326 g/mol. The number of thioether (sulfide) groups is 2. The van der Waals surface area contributed by atoms with Crippen molar-refractivity contribution in [3.05, 3.63) is 11.0 Å². The highest BCUT2D eigenvalue weighted by Crippen LogP contribution is 2.65. The van der Waals surface area contributed by atoms with Crippen LogP contribution in [0.15, 0.2) is 20.5 Å². The Hall–Kier alpha value is -0.330. The first-order valence-corrected chi connectivity index (χ1v) is 9.57. The number of ketones is 1. The summed E-state index contributed by atoms with van der Waals surface area (Å²) in [7, 11) is 0. The van der Waals surface area contributed by atoms with E-state index in [9.17, 15) is 4.79 Å². The summed E-state index contributed by atoms with van der Waals surface area (Å²) in [5.74, 6) is 0.751. The lowest BCUT2D eigenvalue weighted by molar-refractivity contribution is -0.125. The molecule has 0 spiro atoms. The van der Waals surface area contributed by atoms with Gasteiger partial charge in [-0.25, -0.2) is 4.98 Å². The van der Waals surface area contributed by atoms with Crippen LogP contribution in [-0.2, 0) is 4.79 Å². The van der Waals surface area contributed by atoms with Gasteiger partial charge in [-0.05, 0) is 47.4 Å². The highest BCUT2D eigenvalue weighted by molar-refractivity contribution is 8.03. The molecule has 2 aliphatic rings. The van der Waals surface area contributed by atoms with Crippen molar-refractivity contribution in [1.82, 2.24) is 9.36 Å². The zero-order valence-corrected chi connectivity index (χ0v) is 14.5. The number of hydrogen-bond acceptors (Lipinski definition) is 6. The van der Waals surface area contributed by atoms with Gasteiger partial charge < -0.3 is 0 Å². The van der Waals surface area contributed by atoms with E-state index in [1.54, 1.807) is 23.5 Å². The summed E-state index contributed by atoms with van der Waals surface area (Å²) in [5, 5.41) is 2.84. The lowest BCUT2D eigenvalue weighted by atomic mass is 9.70. The molecule has 0 radical (unpaired) electrons. The van der Waals surface area contributed by atoms with Crippen molar-refractivity contribution >= 4 is 40.8 Å². The summed E-state index contributed by atoms with van der Waals surface area (Å²) in [6.45, 7) is 6.62. The lowest BCUT2D eigenvalue weighted by Gasteiger charge is -2.31. The van der Waals surface area contributed by atoms with Crippen molar-refractivity contribution in [2.24, 2.45) is 16.7 Å². The second-order valence-corrected chi connectivity index (χ2v) is 8.85. The van der Waals surface area contributed by atoms with E-state index >= 15 is 0 Å². The molecule has 0 N–H and O–H groups in total. The fraction of sp³-hybridized carbons (Fsp3) is 0.643. The largest absolute Gasteiger partial charge is 0.294 e. The SMILES string of the molecule is CSc1nsc(S/C=C2\C(=O)C3(C)CCC2C3(C)C)n1. The van der Waals surface area contributed by atoms with Crippen LogP contribution in [0.4, 0.5) is 0 Å². The number of allylic oxidation sites excluding steroid dienone is 1. The van der Waals surface area contributed by atoms with E-state index < -0.39 is 0 Å². The second-order valence-electron chi connectivity index (χ2n) is 6.21. The molecule has 108 valence electrons. The van der Waals surface area contributed by atoms with Gasteiger partial charge in [0, 0.05) is 11.0 Å². The first-order chi connectivity index (χ1) is 9.40. The van der Waals surface area contributed by atoms with E-state index in [2.05, 4.69) is 30.1 Å². The summed E-state index contributed by atoms with van der Waals surface area (Å²) >= 11 is 4.50. The molecule has 3 rings (SSSR count). The van der Waals surface area contributed by atoms with E-state index in [0.29, 0.717) is 11.7 Å². The van der Waals surface area contributed by atoms with Crippen molar-refractivity contribution in [1.29, 1.82) is 0 Å². The molecule has 6 heteroatoms. The number of carbonyl (C=O) groups excluding carboxylic acids is 1. The van der Waals surface area contributed by atoms with Crippen molar-refractivity contribution in [2.75, 3.05) is 6.26 Å². The Labute approximate surface area is 132 Å². The van der Waals surface area contributed by atoms with Gasteiger partial charge in [0.05, 0.1) is 0 Å². The Bertz CT molecular complexity index is 593. The summed E-state index contributed by atoms with van der Waals surface area (Å²) in [5.41, 5.74) is 0.923. The Morgan fingerprint density at radius 2 is 2.15 bits per heavy atom. The van der Waals surface area contributed by atoms with Gasteiger partial charge in [0.15, 0.2) is 10.1 Å². The lowest BCUT2D eigenvalue weighted by Crippen LogP contribution is -2.32. The molecule has 0 saturated heterocycles. The third-order valence-electron chi connectivity index (χ3n) is 5.22. The number of hydrogen-bond donors (Lipinski definition) is 0. The second kappa shape index (κ2) is 4.85. The Morgan fingerprint density at radius 3 is 2.70 bits per heavy atom. The van der Waals surface area contributed by atoms with Crippen LogP contribution in [0, 0.1) is 16.7 Å². The van der Waals surface area contributed by atoms with Crippen LogP contribution >= 0.6 is 35.1 Å². The summed E-state index contributed by atoms with van der Waals surface area (Å²) in [6, 6.07) is 0. The van der Waals surface area contributed by atoms with E-state index in [1.165, 1.54) is 11.5 Å². The molecule has 0 amide bonds. The van der Waals surface area contributed by atoms with Gasteiger partial charge >= 0.3 is 0 Å². The zero-order chi connectivity index (χ0) is 14.5. The highest BCUT2D eigenvalue weighted by atomic mass is 32.2. The molecular formula is C14H18N2OS3. The third-order valence-corrected chi connectivity index (χ3v) is 7.58. The van der Waals surface area contributed by atoms with Crippen LogP contribution in [0.1, 0.15) is 33.6 Å². The number of carbonyl (C=O) groups is 1. The average molecular weight is 327 g/mol. The fourth-order valence-electron chi connectivity index (χ4n) is 3.51. The van der Waals surface area contributed by atoms with Gasteiger partial charge in [-0.15, -0.1) is 0 Å². The maximum absolute atomic E-state index is 12.7. The first-order valence-electron chi connectivity index (χ1n) is 6.69. The topological polar surface area (TPSA) is 42.9 Å². The van der Waals surface area contributed by atoms with Gasteiger partial charge in [-0.2, -0.15) is 4.37 Å². The summed E-state index contributed by atoms with van der Waals surface area (Å²) in [4.78, 5) is 17.1. The minimum atomic E-state index is -0.171. The number of rotatable bonds is 3. The number of aromatic nitrogens is 2. The van der Waals surface area contributed by atoms with Crippen LogP contribution in [0.25, 0.3) is 0 Å². The highest BCUT2D eigenvalue weighted by Gasteiger charge is 2.63. The molecule has 0 aromatic carbocycles. The van der Waals surface area contributed by atoms with E-state index in [0.717, 1.165) is 27.9 Å². The smallest absolute Gasteiger partial charge is 0.200 e. The average Bonchev–Trinajstić information content (AvgIpc) is 2.99. The Morgan fingerprint density at radius 1 is 1.40 bits per heavy atom. The van der Waals surface area contributed by atoms with Crippen LogP contribution in [0.5, 0.6) is 0 Å². The minimum Gasteiger partial charge on any atom is -0.294 e. The Kier molecular flexibility index (Phi) is 3.54. The quantitative estimate of drug-likeness (QED) is 0.613. The molecule has 2 saturated carbocycles. The fourth-order valence-corrected chi connectivity index (χ4v) is 5.60. The molecule has 20 heavy (non-hydrogen) atoms. The molecule has 1 heterocycles. The number of Topliss-reactive ketones (excluding diaryl/α,β-unsaturated/α-hetero) is 1. The molecule has 2 fully saturated rings. The van der Waals surface area contributed by atoms with Gasteiger partial charge in [0.1, 0.15) is 0 Å². The minimum absolute atomic E-state index is 0.0854. The molecule has 1 aromatic heterocycles. The van der Waals surface area contributed by atoms with Crippen LogP contribution in [0.2, 0.25) is 0 Å². The molecule has 2 unspecified atom stereocenters. The first kappa shape index (κ1) is 14.6. The molecule has 2 bridgehead atoms. The van der Waals surface area contributed by atoms with Crippen molar-refractivity contribution in [3.8, 4) is 0 Å². The molecule has 0 aliphatic heterocycles. The normalized spacial score (nSPS) is 33.3. The van der Waals surface area contributed by atoms with Crippen molar-refractivity contribution in [2.45, 2.75) is 43.1 Å². The zero-order valence-electron chi connectivity index (χ0n) is 12.1. The molecule has 3 nitrogen and oxygen atoms in total. The van der Waals surface area contributed by atoms with E-state index in [-0.39, 0.29) is 10.8 Å². The Balaban J connectivity index is 1.85. The maximum atomic E-state index is 12.7. The van der Waals surface area contributed by atoms with Crippen LogP contribution < -0.4 is 0 Å². The summed E-state index contributed by atoms with van der Waals surface area (Å²) < 4.78 is 5.16. The van der Waals surface area contributed by atoms with Gasteiger partial charge in [0.2, 0.25) is 5.16 Å². The number of nitrogens with zero attached hydrogens (tertiary/aromatic N) is 2. The summed E-state index contributed by atoms with van der Waals surface area (Å²) in [6.07, 6.45) is 4.13. The number of fused-ring (bicyclic) bond motifs is 2.